The first kappa shape index (κ1) is 14.8. The summed E-state index contributed by atoms with van der Waals surface area (Å²) in [5.41, 5.74) is 1.65. The van der Waals surface area contributed by atoms with Crippen LogP contribution in [0.15, 0.2) is 42.6 Å². The molecule has 0 bridgehead atoms. The third kappa shape index (κ3) is 4.19. The normalized spacial score (nSPS) is 9.81. The minimum atomic E-state index is -0.307. The highest BCUT2D eigenvalue weighted by atomic mass is 35.5. The van der Waals surface area contributed by atoms with Crippen LogP contribution in [0.5, 0.6) is 0 Å². The number of nitrogens with zero attached hydrogens (tertiary/aromatic N) is 1. The lowest BCUT2D eigenvalue weighted by molar-refractivity contribution is 0.102. The van der Waals surface area contributed by atoms with Crippen molar-refractivity contribution in [1.82, 2.24) is 10.3 Å². The first-order chi connectivity index (χ1) is 10.1. The van der Waals surface area contributed by atoms with E-state index in [1.54, 1.807) is 30.3 Å². The standard InChI is InChI=1S/C14H13ClN4O2/c1-16-14(21)19-11-4-2-10(3-5-11)18-13(20)9-6-7-17-12(15)8-9/h2-8H,1H3,(H,18,20)(H2,16,19,21). The van der Waals surface area contributed by atoms with Gasteiger partial charge >= 0.3 is 6.03 Å². The molecule has 0 saturated heterocycles. The van der Waals surface area contributed by atoms with Crippen LogP contribution in [0.1, 0.15) is 10.4 Å². The topological polar surface area (TPSA) is 83.1 Å². The van der Waals surface area contributed by atoms with Crippen molar-refractivity contribution in [2.45, 2.75) is 0 Å². The van der Waals surface area contributed by atoms with Crippen LogP contribution in [0.2, 0.25) is 5.15 Å². The highest BCUT2D eigenvalue weighted by Crippen LogP contribution is 2.15. The maximum atomic E-state index is 12.0. The molecular formula is C14H13ClN4O2. The number of anilines is 2. The maximum absolute atomic E-state index is 12.0. The lowest BCUT2D eigenvalue weighted by Gasteiger charge is -2.07. The second kappa shape index (κ2) is 6.71. The molecule has 7 heteroatoms. The summed E-state index contributed by atoms with van der Waals surface area (Å²) in [4.78, 5) is 27.0. The fraction of sp³-hybridized carbons (Fsp3) is 0.0714. The zero-order chi connectivity index (χ0) is 15.2. The molecule has 2 aromatic rings. The second-order valence-corrected chi connectivity index (χ2v) is 4.49. The quantitative estimate of drug-likeness (QED) is 0.762. The van der Waals surface area contributed by atoms with Crippen LogP contribution in [0.25, 0.3) is 0 Å². The van der Waals surface area contributed by atoms with Crippen molar-refractivity contribution in [2.24, 2.45) is 0 Å². The Labute approximate surface area is 126 Å². The Bertz CT molecular complexity index is 658. The summed E-state index contributed by atoms with van der Waals surface area (Å²) in [6, 6.07) is 9.49. The molecule has 108 valence electrons. The maximum Gasteiger partial charge on any atom is 0.318 e. The molecule has 0 atom stereocenters. The van der Waals surface area contributed by atoms with E-state index >= 15 is 0 Å². The second-order valence-electron chi connectivity index (χ2n) is 4.10. The molecule has 0 fully saturated rings. The van der Waals surface area contributed by atoms with Gasteiger partial charge in [-0.15, -0.1) is 0 Å². The smallest absolute Gasteiger partial charge is 0.318 e. The number of carbonyl (C=O) groups excluding carboxylic acids is 2. The Morgan fingerprint density at radius 3 is 2.24 bits per heavy atom. The molecule has 6 nitrogen and oxygen atoms in total. The molecular weight excluding hydrogens is 292 g/mol. The van der Waals surface area contributed by atoms with Gasteiger partial charge in [0.15, 0.2) is 0 Å². The molecule has 3 amide bonds. The van der Waals surface area contributed by atoms with Crippen molar-refractivity contribution in [3.63, 3.8) is 0 Å². The number of hydrogen-bond acceptors (Lipinski definition) is 3. The number of amides is 3. The van der Waals surface area contributed by atoms with E-state index in [1.165, 1.54) is 19.3 Å². The predicted octanol–water partition coefficient (Wildman–Crippen LogP) is 2.74. The Balaban J connectivity index is 2.03. The van der Waals surface area contributed by atoms with Gasteiger partial charge in [-0.25, -0.2) is 9.78 Å². The van der Waals surface area contributed by atoms with Crippen molar-refractivity contribution in [2.75, 3.05) is 17.7 Å². The average Bonchev–Trinajstić information content (AvgIpc) is 2.49. The Morgan fingerprint density at radius 1 is 1.05 bits per heavy atom. The van der Waals surface area contributed by atoms with Crippen LogP contribution in [-0.4, -0.2) is 24.0 Å². The molecule has 1 aromatic carbocycles. The zero-order valence-electron chi connectivity index (χ0n) is 11.2. The number of nitrogens with one attached hydrogen (secondary N) is 3. The van der Waals surface area contributed by atoms with Gasteiger partial charge in [-0.05, 0) is 36.4 Å². The number of carbonyl (C=O) groups is 2. The van der Waals surface area contributed by atoms with Crippen LogP contribution in [-0.2, 0) is 0 Å². The molecule has 0 spiro atoms. The van der Waals surface area contributed by atoms with Gasteiger partial charge in [-0.3, -0.25) is 4.79 Å². The summed E-state index contributed by atoms with van der Waals surface area (Å²) >= 11 is 5.74. The van der Waals surface area contributed by atoms with Crippen molar-refractivity contribution in [3.8, 4) is 0 Å². The van der Waals surface area contributed by atoms with E-state index in [4.69, 9.17) is 11.6 Å². The zero-order valence-corrected chi connectivity index (χ0v) is 11.9. The number of aromatic nitrogens is 1. The summed E-state index contributed by atoms with van der Waals surface area (Å²) in [6.07, 6.45) is 1.47. The van der Waals surface area contributed by atoms with Gasteiger partial charge in [0.2, 0.25) is 0 Å². The Hall–Kier alpha value is -2.60. The van der Waals surface area contributed by atoms with Gasteiger partial charge in [0.1, 0.15) is 5.15 Å². The summed E-state index contributed by atoms with van der Waals surface area (Å²) in [7, 11) is 1.53. The number of urea groups is 1. The first-order valence-corrected chi connectivity index (χ1v) is 6.48. The average molecular weight is 305 g/mol. The number of rotatable bonds is 3. The minimum Gasteiger partial charge on any atom is -0.341 e. The lowest BCUT2D eigenvalue weighted by atomic mass is 10.2. The van der Waals surface area contributed by atoms with Gasteiger partial charge in [0.05, 0.1) is 0 Å². The van der Waals surface area contributed by atoms with E-state index in [1.807, 2.05) is 0 Å². The van der Waals surface area contributed by atoms with E-state index < -0.39 is 0 Å². The SMILES string of the molecule is CNC(=O)Nc1ccc(NC(=O)c2ccnc(Cl)c2)cc1. The molecule has 0 aliphatic heterocycles. The molecule has 1 heterocycles. The van der Waals surface area contributed by atoms with E-state index in [9.17, 15) is 9.59 Å². The van der Waals surface area contributed by atoms with Crippen LogP contribution >= 0.6 is 11.6 Å². The molecule has 0 radical (unpaired) electrons. The minimum absolute atomic E-state index is 0.257. The van der Waals surface area contributed by atoms with Crippen LogP contribution in [0, 0.1) is 0 Å². The molecule has 0 aliphatic rings. The van der Waals surface area contributed by atoms with E-state index in [0.29, 0.717) is 16.9 Å². The molecule has 0 unspecified atom stereocenters. The van der Waals surface area contributed by atoms with Gasteiger partial charge in [-0.1, -0.05) is 11.6 Å². The first-order valence-electron chi connectivity index (χ1n) is 6.10. The largest absolute Gasteiger partial charge is 0.341 e. The van der Waals surface area contributed by atoms with Crippen LogP contribution in [0.4, 0.5) is 16.2 Å². The lowest BCUT2D eigenvalue weighted by Crippen LogP contribution is -2.24. The van der Waals surface area contributed by atoms with Gasteiger partial charge < -0.3 is 16.0 Å². The van der Waals surface area contributed by atoms with Crippen molar-refractivity contribution >= 4 is 34.9 Å². The Morgan fingerprint density at radius 2 is 1.67 bits per heavy atom. The summed E-state index contributed by atoms with van der Waals surface area (Å²) < 4.78 is 0. The van der Waals surface area contributed by atoms with Crippen molar-refractivity contribution < 1.29 is 9.59 Å². The summed E-state index contributed by atoms with van der Waals surface area (Å²) in [5, 5.41) is 8.06. The molecule has 1 aromatic heterocycles. The predicted molar refractivity (Wildman–Crippen MR) is 81.7 cm³/mol. The van der Waals surface area contributed by atoms with Crippen LogP contribution in [0.3, 0.4) is 0 Å². The third-order valence-electron chi connectivity index (χ3n) is 2.62. The van der Waals surface area contributed by atoms with Gasteiger partial charge in [-0.2, -0.15) is 0 Å². The molecule has 3 N–H and O–H groups in total. The van der Waals surface area contributed by atoms with Crippen molar-refractivity contribution in [1.29, 1.82) is 0 Å². The molecule has 0 saturated carbocycles. The highest BCUT2D eigenvalue weighted by molar-refractivity contribution is 6.29. The molecule has 21 heavy (non-hydrogen) atoms. The van der Waals surface area contributed by atoms with Gasteiger partial charge in [0, 0.05) is 30.2 Å². The van der Waals surface area contributed by atoms with Crippen LogP contribution < -0.4 is 16.0 Å². The molecule has 2 rings (SSSR count). The monoisotopic (exact) mass is 304 g/mol. The fourth-order valence-electron chi connectivity index (χ4n) is 1.58. The van der Waals surface area contributed by atoms with E-state index in [-0.39, 0.29) is 17.1 Å². The van der Waals surface area contributed by atoms with Crippen molar-refractivity contribution in [3.05, 3.63) is 53.3 Å². The fourth-order valence-corrected chi connectivity index (χ4v) is 1.75. The highest BCUT2D eigenvalue weighted by Gasteiger charge is 2.07. The summed E-state index contributed by atoms with van der Waals surface area (Å²) in [6.45, 7) is 0. The van der Waals surface area contributed by atoms with E-state index in [0.717, 1.165) is 0 Å². The summed E-state index contributed by atoms with van der Waals surface area (Å²) in [5.74, 6) is -0.286. The third-order valence-corrected chi connectivity index (χ3v) is 2.82. The number of pyridine rings is 1. The number of halogens is 1. The number of benzene rings is 1. The molecule has 0 aliphatic carbocycles. The number of hydrogen-bond donors (Lipinski definition) is 3. The van der Waals surface area contributed by atoms with Gasteiger partial charge in [0.25, 0.3) is 5.91 Å². The Kier molecular flexibility index (Phi) is 4.73. The van der Waals surface area contributed by atoms with E-state index in [2.05, 4.69) is 20.9 Å².